The van der Waals surface area contributed by atoms with Crippen molar-refractivity contribution in [2.75, 3.05) is 18.0 Å². The van der Waals surface area contributed by atoms with E-state index in [1.54, 1.807) is 19.9 Å². The van der Waals surface area contributed by atoms with Crippen molar-refractivity contribution in [3.8, 4) is 0 Å². The molecule has 0 atom stereocenters. The molecule has 5 nitrogen and oxygen atoms in total. The van der Waals surface area contributed by atoms with Gasteiger partial charge < -0.3 is 9.80 Å². The lowest BCUT2D eigenvalue weighted by atomic mass is 9.95. The number of aryl methyl sites for hydroxylation is 2. The molecule has 33 heavy (non-hydrogen) atoms. The van der Waals surface area contributed by atoms with Crippen LogP contribution in [0.1, 0.15) is 93.3 Å². The molecule has 1 amide bonds. The quantitative estimate of drug-likeness (QED) is 0.492. The summed E-state index contributed by atoms with van der Waals surface area (Å²) in [5.41, 5.74) is 4.98. The Morgan fingerprint density at radius 2 is 1.85 bits per heavy atom. The van der Waals surface area contributed by atoms with E-state index in [1.807, 2.05) is 11.0 Å². The Kier molecular flexibility index (Phi) is 7.05. The van der Waals surface area contributed by atoms with Gasteiger partial charge in [0.2, 0.25) is 5.91 Å². The van der Waals surface area contributed by atoms with E-state index in [1.165, 1.54) is 5.69 Å². The molecule has 0 fully saturated rings. The second kappa shape index (κ2) is 9.82. The number of hydrogen-bond donors (Lipinski definition) is 0. The second-order valence-corrected chi connectivity index (χ2v) is 9.51. The molecule has 2 aliphatic rings. The van der Waals surface area contributed by atoms with Crippen molar-refractivity contribution in [3.63, 3.8) is 0 Å². The van der Waals surface area contributed by atoms with E-state index in [0.717, 1.165) is 74.1 Å². The van der Waals surface area contributed by atoms with Crippen molar-refractivity contribution >= 4 is 17.4 Å². The first kappa shape index (κ1) is 23.7. The second-order valence-electron chi connectivity index (χ2n) is 9.51. The number of benzene rings is 1. The molecule has 7 heteroatoms. The van der Waals surface area contributed by atoms with E-state index in [9.17, 15) is 13.6 Å². The van der Waals surface area contributed by atoms with Crippen LogP contribution in [-0.4, -0.2) is 33.7 Å². The highest BCUT2D eigenvalue weighted by atomic mass is 19.3. The van der Waals surface area contributed by atoms with E-state index < -0.39 is 6.43 Å². The van der Waals surface area contributed by atoms with Crippen LogP contribution in [-0.2, 0) is 24.2 Å². The monoisotopic (exact) mass is 458 g/mol. The molecule has 2 aromatic rings. The summed E-state index contributed by atoms with van der Waals surface area (Å²) in [6.45, 7) is 9.75. The Morgan fingerprint density at radius 3 is 2.48 bits per heavy atom. The Hall–Kier alpha value is -2.44. The van der Waals surface area contributed by atoms with Gasteiger partial charge in [0, 0.05) is 48.9 Å². The number of hydrogen-bond acceptors (Lipinski definition) is 3. The molecule has 4 rings (SSSR count). The number of aromatic nitrogens is 2. The van der Waals surface area contributed by atoms with Gasteiger partial charge in [-0.05, 0) is 49.8 Å². The largest absolute Gasteiger partial charge is 0.338 e. The molecule has 0 saturated heterocycles. The van der Waals surface area contributed by atoms with Crippen molar-refractivity contribution in [3.05, 3.63) is 40.1 Å². The number of carbonyl (C=O) groups is 1. The molecule has 0 bridgehead atoms. The zero-order chi connectivity index (χ0) is 23.7. The fraction of sp³-hybridized carbons (Fsp3) is 0.615. The van der Waals surface area contributed by atoms with Gasteiger partial charge in [0.25, 0.3) is 6.43 Å². The summed E-state index contributed by atoms with van der Waals surface area (Å²) in [7, 11) is 0. The lowest BCUT2D eigenvalue weighted by Crippen LogP contribution is -2.35. The third-order valence-corrected chi connectivity index (χ3v) is 7.18. The van der Waals surface area contributed by atoms with Crippen LogP contribution in [0.2, 0.25) is 0 Å². The average Bonchev–Trinajstić information content (AvgIpc) is 3.16. The van der Waals surface area contributed by atoms with Crippen LogP contribution in [0.3, 0.4) is 0 Å². The molecule has 0 radical (unpaired) electrons. The summed E-state index contributed by atoms with van der Waals surface area (Å²) in [5, 5.41) is 5.16. The van der Waals surface area contributed by atoms with E-state index in [0.29, 0.717) is 24.7 Å². The minimum absolute atomic E-state index is 0.0627. The zero-order valence-corrected chi connectivity index (χ0v) is 20.3. The smallest absolute Gasteiger partial charge is 0.264 e. The van der Waals surface area contributed by atoms with Gasteiger partial charge in [-0.3, -0.25) is 9.48 Å². The maximum Gasteiger partial charge on any atom is 0.264 e. The lowest BCUT2D eigenvalue weighted by molar-refractivity contribution is -0.129. The van der Waals surface area contributed by atoms with Gasteiger partial charge in [0.1, 0.15) is 0 Å². The number of alkyl halides is 2. The summed E-state index contributed by atoms with van der Waals surface area (Å²) in [5.74, 6) is 0.908. The highest BCUT2D eigenvalue weighted by molar-refractivity contribution is 5.75. The highest BCUT2D eigenvalue weighted by Crippen LogP contribution is 2.41. The van der Waals surface area contributed by atoms with Crippen molar-refractivity contribution < 1.29 is 13.6 Å². The minimum atomic E-state index is -2.50. The lowest BCUT2D eigenvalue weighted by Gasteiger charge is -2.33. The van der Waals surface area contributed by atoms with Gasteiger partial charge in [0.15, 0.2) is 5.82 Å². The predicted molar refractivity (Wildman–Crippen MR) is 127 cm³/mol. The van der Waals surface area contributed by atoms with Crippen LogP contribution in [0.4, 0.5) is 20.3 Å². The molecule has 180 valence electrons. The molecule has 2 aliphatic heterocycles. The van der Waals surface area contributed by atoms with Crippen molar-refractivity contribution in [2.45, 2.75) is 91.7 Å². The standard InChI is InChI=1S/C26H36F2N4O/c1-5-8-20(9-6-2)32-23-11-13-30(18(4)33)16-22(23)26(29-32)31-12-7-10-19-14-17(3)21(25(27)28)15-24(19)31/h14-15,20,25H,5-13,16H2,1-4H3. The Balaban J connectivity index is 1.85. The van der Waals surface area contributed by atoms with Crippen molar-refractivity contribution in [1.82, 2.24) is 14.7 Å². The fourth-order valence-electron chi connectivity index (χ4n) is 5.50. The summed E-state index contributed by atoms with van der Waals surface area (Å²) >= 11 is 0. The molecular weight excluding hydrogens is 422 g/mol. The van der Waals surface area contributed by atoms with Gasteiger partial charge in [-0.1, -0.05) is 32.8 Å². The van der Waals surface area contributed by atoms with Gasteiger partial charge in [-0.2, -0.15) is 5.10 Å². The highest BCUT2D eigenvalue weighted by Gasteiger charge is 2.33. The van der Waals surface area contributed by atoms with E-state index in [2.05, 4.69) is 23.4 Å². The Bertz CT molecular complexity index is 1010. The third kappa shape index (κ3) is 4.51. The Morgan fingerprint density at radius 1 is 1.12 bits per heavy atom. The summed E-state index contributed by atoms with van der Waals surface area (Å²) in [6.07, 6.45) is 4.39. The van der Waals surface area contributed by atoms with Crippen LogP contribution < -0.4 is 4.90 Å². The fourth-order valence-corrected chi connectivity index (χ4v) is 5.50. The van der Waals surface area contributed by atoms with Crippen LogP contribution in [0.15, 0.2) is 12.1 Å². The molecule has 0 spiro atoms. The maximum atomic E-state index is 13.7. The van der Waals surface area contributed by atoms with Gasteiger partial charge >= 0.3 is 0 Å². The number of rotatable bonds is 7. The van der Waals surface area contributed by atoms with E-state index in [-0.39, 0.29) is 11.5 Å². The summed E-state index contributed by atoms with van der Waals surface area (Å²) < 4.78 is 29.7. The minimum Gasteiger partial charge on any atom is -0.338 e. The number of nitrogens with zero attached hydrogens (tertiary/aromatic N) is 4. The summed E-state index contributed by atoms with van der Waals surface area (Å²) in [4.78, 5) is 16.2. The van der Waals surface area contributed by atoms with Gasteiger partial charge in [-0.15, -0.1) is 0 Å². The summed E-state index contributed by atoms with van der Waals surface area (Å²) in [6, 6.07) is 3.91. The normalized spacial score (nSPS) is 15.9. The Labute approximate surface area is 195 Å². The number of halogens is 2. The zero-order valence-electron chi connectivity index (χ0n) is 20.3. The van der Waals surface area contributed by atoms with Crippen molar-refractivity contribution in [1.29, 1.82) is 0 Å². The molecule has 0 saturated carbocycles. The molecule has 1 aromatic carbocycles. The van der Waals surface area contributed by atoms with Crippen LogP contribution in [0.25, 0.3) is 0 Å². The SMILES string of the molecule is CCCC(CCC)n1nc(N2CCCc3cc(C)c(C(F)F)cc32)c2c1CCN(C(C)=O)C2. The predicted octanol–water partition coefficient (Wildman–Crippen LogP) is 6.26. The third-order valence-electron chi connectivity index (χ3n) is 7.18. The average molecular weight is 459 g/mol. The van der Waals surface area contributed by atoms with Gasteiger partial charge in [-0.25, -0.2) is 8.78 Å². The molecule has 1 aromatic heterocycles. The number of carbonyl (C=O) groups excluding carboxylic acids is 1. The molecule has 0 unspecified atom stereocenters. The van der Waals surface area contributed by atoms with Crippen LogP contribution in [0, 0.1) is 6.92 Å². The number of fused-ring (bicyclic) bond motifs is 2. The topological polar surface area (TPSA) is 41.4 Å². The molecule has 0 N–H and O–H groups in total. The first-order valence-corrected chi connectivity index (χ1v) is 12.4. The molecular formula is C26H36F2N4O. The number of amides is 1. The first-order valence-electron chi connectivity index (χ1n) is 12.4. The van der Waals surface area contributed by atoms with E-state index >= 15 is 0 Å². The molecule has 0 aliphatic carbocycles. The first-order chi connectivity index (χ1) is 15.8. The number of anilines is 2. The van der Waals surface area contributed by atoms with Crippen LogP contribution >= 0.6 is 0 Å². The maximum absolute atomic E-state index is 13.7. The molecule has 3 heterocycles. The van der Waals surface area contributed by atoms with Crippen LogP contribution in [0.5, 0.6) is 0 Å². The van der Waals surface area contributed by atoms with E-state index in [4.69, 9.17) is 5.10 Å². The van der Waals surface area contributed by atoms with Gasteiger partial charge in [0.05, 0.1) is 12.6 Å². The van der Waals surface area contributed by atoms with Crippen molar-refractivity contribution in [2.24, 2.45) is 0 Å².